The Morgan fingerprint density at radius 2 is 2.08 bits per heavy atom. The molecule has 0 amide bonds. The number of methoxy groups -OCH3 is 1. The van der Waals surface area contributed by atoms with Crippen molar-refractivity contribution in [3.8, 4) is 5.69 Å². The zero-order chi connectivity index (χ0) is 17.6. The van der Waals surface area contributed by atoms with Crippen LogP contribution in [0.4, 0.5) is 4.39 Å². The number of hydrogen-bond donors (Lipinski definition) is 1. The first-order chi connectivity index (χ1) is 12.2. The second-order valence-electron chi connectivity index (χ2n) is 6.08. The van der Waals surface area contributed by atoms with E-state index in [1.54, 1.807) is 19.5 Å². The van der Waals surface area contributed by atoms with Crippen LogP contribution in [0.3, 0.4) is 0 Å². The van der Waals surface area contributed by atoms with Gasteiger partial charge in [0, 0.05) is 30.4 Å². The van der Waals surface area contributed by atoms with E-state index in [9.17, 15) is 9.50 Å². The maximum absolute atomic E-state index is 14.1. The van der Waals surface area contributed by atoms with E-state index in [0.29, 0.717) is 24.7 Å². The molecule has 1 saturated carbocycles. The second kappa shape index (κ2) is 8.53. The number of halogens is 1. The third-order valence-electron chi connectivity index (χ3n) is 4.15. The van der Waals surface area contributed by atoms with E-state index in [4.69, 9.17) is 14.2 Å². The fraction of sp³-hybridized carbons (Fsp3) is 0.500. The number of ether oxygens (including phenoxy) is 3. The van der Waals surface area contributed by atoms with Crippen molar-refractivity contribution in [3.63, 3.8) is 0 Å². The van der Waals surface area contributed by atoms with Crippen LogP contribution in [0.25, 0.3) is 5.69 Å². The molecule has 6 nitrogen and oxygen atoms in total. The zero-order valence-corrected chi connectivity index (χ0v) is 14.3. The summed E-state index contributed by atoms with van der Waals surface area (Å²) in [6.07, 6.45) is 6.01. The summed E-state index contributed by atoms with van der Waals surface area (Å²) in [6.45, 7) is 0.871. The predicted molar refractivity (Wildman–Crippen MR) is 88.9 cm³/mol. The molecule has 1 aliphatic rings. The molecule has 2 aromatic rings. The molecule has 0 spiro atoms. The number of aliphatic hydroxyl groups is 1. The fourth-order valence-electron chi connectivity index (χ4n) is 2.59. The van der Waals surface area contributed by atoms with E-state index in [1.807, 2.05) is 10.8 Å². The largest absolute Gasteiger partial charge is 0.392 e. The summed E-state index contributed by atoms with van der Waals surface area (Å²) in [5.41, 5.74) is 2.72. The number of rotatable bonds is 10. The van der Waals surface area contributed by atoms with Crippen LogP contribution in [-0.2, 0) is 27.4 Å². The van der Waals surface area contributed by atoms with Crippen LogP contribution in [0, 0.1) is 5.82 Å². The highest BCUT2D eigenvalue weighted by molar-refractivity contribution is 5.45. The van der Waals surface area contributed by atoms with Crippen LogP contribution in [0.1, 0.15) is 35.6 Å². The Bertz CT molecular complexity index is 700. The fourth-order valence-corrected chi connectivity index (χ4v) is 2.59. The molecule has 1 aromatic heterocycles. The van der Waals surface area contributed by atoms with Gasteiger partial charge in [-0.1, -0.05) is 0 Å². The highest BCUT2D eigenvalue weighted by atomic mass is 19.1. The molecule has 0 atom stereocenters. The van der Waals surface area contributed by atoms with Crippen molar-refractivity contribution in [2.45, 2.75) is 32.0 Å². The summed E-state index contributed by atoms with van der Waals surface area (Å²) in [4.78, 5) is 4.43. The summed E-state index contributed by atoms with van der Waals surface area (Å²) >= 11 is 0. The summed E-state index contributed by atoms with van der Waals surface area (Å²) in [6, 6.07) is 3.03. The first-order valence-electron chi connectivity index (χ1n) is 8.33. The van der Waals surface area contributed by atoms with E-state index in [-0.39, 0.29) is 25.6 Å². The van der Waals surface area contributed by atoms with Crippen LogP contribution in [0.5, 0.6) is 0 Å². The minimum Gasteiger partial charge on any atom is -0.392 e. The highest BCUT2D eigenvalue weighted by Crippen LogP contribution is 2.39. The molecule has 0 aliphatic heterocycles. The summed E-state index contributed by atoms with van der Waals surface area (Å²) in [5, 5.41) is 9.35. The summed E-state index contributed by atoms with van der Waals surface area (Å²) < 4.78 is 31.6. The van der Waals surface area contributed by atoms with Gasteiger partial charge >= 0.3 is 0 Å². The van der Waals surface area contributed by atoms with Gasteiger partial charge in [0.05, 0.1) is 44.1 Å². The number of hydrogen-bond acceptors (Lipinski definition) is 5. The number of imidazole rings is 1. The van der Waals surface area contributed by atoms with Gasteiger partial charge in [-0.2, -0.15) is 0 Å². The molecular weight excluding hydrogens is 327 g/mol. The number of aliphatic hydroxyl groups excluding tert-OH is 1. The van der Waals surface area contributed by atoms with Crippen molar-refractivity contribution in [1.82, 2.24) is 9.55 Å². The lowest BCUT2D eigenvalue weighted by Gasteiger charge is -2.13. The average Bonchev–Trinajstić information content (AvgIpc) is 3.36. The lowest BCUT2D eigenvalue weighted by molar-refractivity contribution is -0.0725. The zero-order valence-electron chi connectivity index (χ0n) is 14.3. The van der Waals surface area contributed by atoms with E-state index in [2.05, 4.69) is 4.98 Å². The highest BCUT2D eigenvalue weighted by Gasteiger charge is 2.26. The van der Waals surface area contributed by atoms with Gasteiger partial charge in [0.25, 0.3) is 0 Å². The normalized spacial score (nSPS) is 14.2. The SMILES string of the molecule is COCCOCOCc1cc(F)c(CO)cc1-n1cnc(C2CC2)c1. The van der Waals surface area contributed by atoms with E-state index >= 15 is 0 Å². The van der Waals surface area contributed by atoms with Crippen molar-refractivity contribution < 1.29 is 23.7 Å². The average molecular weight is 350 g/mol. The minimum atomic E-state index is -0.451. The van der Waals surface area contributed by atoms with E-state index < -0.39 is 5.82 Å². The van der Waals surface area contributed by atoms with Crippen molar-refractivity contribution >= 4 is 0 Å². The molecule has 0 saturated heterocycles. The van der Waals surface area contributed by atoms with E-state index in [0.717, 1.165) is 24.2 Å². The van der Waals surface area contributed by atoms with Gasteiger partial charge in [0.15, 0.2) is 0 Å². The van der Waals surface area contributed by atoms with Gasteiger partial charge in [-0.3, -0.25) is 0 Å². The number of benzene rings is 1. The molecule has 0 unspecified atom stereocenters. The third-order valence-corrected chi connectivity index (χ3v) is 4.15. The first-order valence-corrected chi connectivity index (χ1v) is 8.33. The Labute approximate surface area is 146 Å². The van der Waals surface area contributed by atoms with Gasteiger partial charge in [0.2, 0.25) is 0 Å². The molecule has 1 aliphatic carbocycles. The van der Waals surface area contributed by atoms with Gasteiger partial charge < -0.3 is 23.9 Å². The Morgan fingerprint density at radius 1 is 1.24 bits per heavy atom. The van der Waals surface area contributed by atoms with Crippen LogP contribution in [0.2, 0.25) is 0 Å². The Morgan fingerprint density at radius 3 is 2.80 bits per heavy atom. The smallest absolute Gasteiger partial charge is 0.147 e. The predicted octanol–water partition coefficient (Wildman–Crippen LogP) is 2.52. The topological polar surface area (TPSA) is 65.7 Å². The standard InChI is InChI=1S/C18H23FN2O4/c1-23-4-5-24-12-25-10-15-6-16(19)14(9-22)7-18(15)21-8-17(20-11-21)13-2-3-13/h6-8,11,13,22H,2-5,9-10,12H2,1H3. The first kappa shape index (κ1) is 18.0. The molecule has 1 aromatic carbocycles. The second-order valence-corrected chi connectivity index (χ2v) is 6.08. The molecule has 136 valence electrons. The Kier molecular flexibility index (Phi) is 6.14. The Balaban J connectivity index is 1.74. The van der Waals surface area contributed by atoms with E-state index in [1.165, 1.54) is 6.07 Å². The van der Waals surface area contributed by atoms with Crippen molar-refractivity contribution in [3.05, 3.63) is 47.3 Å². The van der Waals surface area contributed by atoms with Gasteiger partial charge in [-0.25, -0.2) is 9.37 Å². The number of nitrogens with zero attached hydrogens (tertiary/aromatic N) is 2. The monoisotopic (exact) mass is 350 g/mol. The molecule has 25 heavy (non-hydrogen) atoms. The van der Waals surface area contributed by atoms with Crippen molar-refractivity contribution in [2.24, 2.45) is 0 Å². The molecule has 1 fully saturated rings. The van der Waals surface area contributed by atoms with Crippen LogP contribution < -0.4 is 0 Å². The van der Waals surface area contributed by atoms with Crippen LogP contribution in [0.15, 0.2) is 24.7 Å². The lowest BCUT2D eigenvalue weighted by atomic mass is 10.1. The van der Waals surface area contributed by atoms with Crippen LogP contribution >= 0.6 is 0 Å². The number of aromatic nitrogens is 2. The molecular formula is C18H23FN2O4. The maximum atomic E-state index is 14.1. The van der Waals surface area contributed by atoms with Crippen LogP contribution in [-0.4, -0.2) is 41.8 Å². The molecule has 1 heterocycles. The van der Waals surface area contributed by atoms with Crippen molar-refractivity contribution in [2.75, 3.05) is 27.1 Å². The van der Waals surface area contributed by atoms with Gasteiger partial charge in [0.1, 0.15) is 12.6 Å². The quantitative estimate of drug-likeness (QED) is 0.527. The Hall–Kier alpha value is -1.80. The molecule has 1 N–H and O–H groups in total. The third kappa shape index (κ3) is 4.64. The summed E-state index contributed by atoms with van der Waals surface area (Å²) in [7, 11) is 1.60. The maximum Gasteiger partial charge on any atom is 0.147 e. The minimum absolute atomic E-state index is 0.101. The molecule has 7 heteroatoms. The van der Waals surface area contributed by atoms with Gasteiger partial charge in [-0.15, -0.1) is 0 Å². The lowest BCUT2D eigenvalue weighted by Crippen LogP contribution is -2.08. The van der Waals surface area contributed by atoms with Crippen molar-refractivity contribution in [1.29, 1.82) is 0 Å². The summed E-state index contributed by atoms with van der Waals surface area (Å²) in [5.74, 6) is 0.0839. The molecule has 3 rings (SSSR count). The molecule has 0 bridgehead atoms. The van der Waals surface area contributed by atoms with Gasteiger partial charge in [-0.05, 0) is 25.0 Å². The molecule has 0 radical (unpaired) electrons.